The quantitative estimate of drug-likeness (QED) is 0.433. The second-order valence-electron chi connectivity index (χ2n) is 3.89. The summed E-state index contributed by atoms with van der Waals surface area (Å²) < 4.78 is 5.10. The maximum absolute atomic E-state index is 10.4. The van der Waals surface area contributed by atoms with Crippen LogP contribution in [0, 0.1) is 0 Å². The Morgan fingerprint density at radius 1 is 1.28 bits per heavy atom. The van der Waals surface area contributed by atoms with Crippen molar-refractivity contribution in [2.24, 2.45) is 0 Å². The van der Waals surface area contributed by atoms with Crippen molar-refractivity contribution in [2.45, 2.75) is 13.3 Å². The van der Waals surface area contributed by atoms with Crippen LogP contribution >= 0.6 is 0 Å². The lowest BCUT2D eigenvalue weighted by Gasteiger charge is -2.03. The van der Waals surface area contributed by atoms with Gasteiger partial charge in [-0.25, -0.2) is 0 Å². The van der Waals surface area contributed by atoms with Gasteiger partial charge in [0.1, 0.15) is 12.0 Å². The molecule has 94 valence electrons. The molecule has 0 aliphatic carbocycles. The highest BCUT2D eigenvalue weighted by Gasteiger charge is 1.96. The number of aldehydes is 1. The minimum Gasteiger partial charge on any atom is -0.497 e. The molecule has 0 radical (unpaired) electrons. The van der Waals surface area contributed by atoms with Gasteiger partial charge in [0.05, 0.1) is 7.11 Å². The first kappa shape index (κ1) is 14.0. The van der Waals surface area contributed by atoms with Crippen molar-refractivity contribution in [3.63, 3.8) is 0 Å². The number of hydrogen-bond donors (Lipinski definition) is 0. The molecule has 0 fully saturated rings. The summed E-state index contributed by atoms with van der Waals surface area (Å²) in [6.07, 6.45) is 6.90. The van der Waals surface area contributed by atoms with E-state index < -0.39 is 0 Å². The molecule has 0 spiro atoms. The SMILES string of the molecule is C=C/C(=C\C=C(\C)c1ccc(CC=O)cc1)OC. The highest BCUT2D eigenvalue weighted by molar-refractivity contribution is 5.66. The zero-order valence-electron chi connectivity index (χ0n) is 10.8. The van der Waals surface area contributed by atoms with E-state index in [-0.39, 0.29) is 0 Å². The first-order valence-corrected chi connectivity index (χ1v) is 5.79. The van der Waals surface area contributed by atoms with Gasteiger partial charge in [-0.15, -0.1) is 0 Å². The first-order valence-electron chi connectivity index (χ1n) is 5.79. The van der Waals surface area contributed by atoms with Crippen LogP contribution in [0.15, 0.2) is 54.8 Å². The van der Waals surface area contributed by atoms with Gasteiger partial charge in [-0.05, 0) is 35.8 Å². The third-order valence-corrected chi connectivity index (χ3v) is 2.66. The first-order chi connectivity index (χ1) is 8.71. The topological polar surface area (TPSA) is 26.3 Å². The molecular weight excluding hydrogens is 224 g/mol. The van der Waals surface area contributed by atoms with E-state index >= 15 is 0 Å². The van der Waals surface area contributed by atoms with Crippen LogP contribution in [-0.2, 0) is 16.0 Å². The molecule has 0 aliphatic rings. The van der Waals surface area contributed by atoms with Gasteiger partial charge >= 0.3 is 0 Å². The Morgan fingerprint density at radius 3 is 2.44 bits per heavy atom. The molecular formula is C16H18O2. The fourth-order valence-electron chi connectivity index (χ4n) is 1.52. The molecule has 0 aliphatic heterocycles. The largest absolute Gasteiger partial charge is 0.497 e. The molecule has 18 heavy (non-hydrogen) atoms. The number of methoxy groups -OCH3 is 1. The van der Waals surface area contributed by atoms with Crippen molar-refractivity contribution in [3.05, 3.63) is 66.0 Å². The highest BCUT2D eigenvalue weighted by Crippen LogP contribution is 2.15. The van der Waals surface area contributed by atoms with Crippen LogP contribution in [0.3, 0.4) is 0 Å². The van der Waals surface area contributed by atoms with Crippen molar-refractivity contribution in [1.29, 1.82) is 0 Å². The van der Waals surface area contributed by atoms with Gasteiger partial charge < -0.3 is 9.53 Å². The fraction of sp³-hybridized carbons (Fsp3) is 0.188. The van der Waals surface area contributed by atoms with Crippen LogP contribution in [0.5, 0.6) is 0 Å². The van der Waals surface area contributed by atoms with Gasteiger partial charge in [0, 0.05) is 6.42 Å². The highest BCUT2D eigenvalue weighted by atomic mass is 16.5. The van der Waals surface area contributed by atoms with Crippen LogP contribution in [-0.4, -0.2) is 13.4 Å². The molecule has 1 aromatic rings. The molecule has 0 bridgehead atoms. The maximum Gasteiger partial charge on any atom is 0.124 e. The number of carbonyl (C=O) groups is 1. The number of ether oxygens (including phenoxy) is 1. The van der Waals surface area contributed by atoms with Crippen LogP contribution < -0.4 is 0 Å². The Morgan fingerprint density at radius 2 is 1.94 bits per heavy atom. The summed E-state index contributed by atoms with van der Waals surface area (Å²) in [4.78, 5) is 10.4. The van der Waals surface area contributed by atoms with Gasteiger partial charge in [0.2, 0.25) is 0 Å². The standard InChI is InChI=1S/C16H18O2/c1-4-16(18-3)10-5-13(2)15-8-6-14(7-9-15)11-12-17/h4-10,12H,1,11H2,2-3H3/b13-5-,16-10+. The lowest BCUT2D eigenvalue weighted by molar-refractivity contribution is -0.107. The van der Waals surface area contributed by atoms with Crippen molar-refractivity contribution >= 4 is 11.9 Å². The average molecular weight is 242 g/mol. The monoisotopic (exact) mass is 242 g/mol. The summed E-state index contributed by atoms with van der Waals surface area (Å²) in [5.41, 5.74) is 3.28. The summed E-state index contributed by atoms with van der Waals surface area (Å²) in [5, 5.41) is 0. The summed E-state index contributed by atoms with van der Waals surface area (Å²) >= 11 is 0. The molecule has 0 saturated heterocycles. The van der Waals surface area contributed by atoms with Crippen LogP contribution in [0.2, 0.25) is 0 Å². The molecule has 0 N–H and O–H groups in total. The van der Waals surface area contributed by atoms with Crippen molar-refractivity contribution in [2.75, 3.05) is 7.11 Å². The predicted octanol–water partition coefficient (Wildman–Crippen LogP) is 3.55. The lowest BCUT2D eigenvalue weighted by Crippen LogP contribution is -1.86. The summed E-state index contributed by atoms with van der Waals surface area (Å²) in [6.45, 7) is 5.69. The van der Waals surface area contributed by atoms with Crippen molar-refractivity contribution in [3.8, 4) is 0 Å². The van der Waals surface area contributed by atoms with Crippen LogP contribution in [0.4, 0.5) is 0 Å². The minimum atomic E-state index is 0.466. The molecule has 1 rings (SSSR count). The van der Waals surface area contributed by atoms with Crippen LogP contribution in [0.25, 0.3) is 5.57 Å². The van der Waals surface area contributed by atoms with E-state index in [4.69, 9.17) is 4.74 Å². The van der Waals surface area contributed by atoms with E-state index in [1.165, 1.54) is 0 Å². The number of hydrogen-bond acceptors (Lipinski definition) is 2. The zero-order chi connectivity index (χ0) is 13.4. The molecule has 0 saturated carbocycles. The van der Waals surface area contributed by atoms with E-state index in [1.807, 2.05) is 43.3 Å². The Hall–Kier alpha value is -2.09. The average Bonchev–Trinajstić information content (AvgIpc) is 2.41. The molecule has 0 amide bonds. The van der Waals surface area contributed by atoms with Crippen molar-refractivity contribution in [1.82, 2.24) is 0 Å². The fourth-order valence-corrected chi connectivity index (χ4v) is 1.52. The van der Waals surface area contributed by atoms with E-state index in [2.05, 4.69) is 6.58 Å². The number of rotatable bonds is 6. The zero-order valence-corrected chi connectivity index (χ0v) is 10.8. The van der Waals surface area contributed by atoms with E-state index in [1.54, 1.807) is 13.2 Å². The smallest absolute Gasteiger partial charge is 0.124 e. The normalized spacial score (nSPS) is 12.1. The van der Waals surface area contributed by atoms with E-state index in [9.17, 15) is 4.79 Å². The Kier molecular flexibility index (Phi) is 5.65. The number of carbonyl (C=O) groups excluding carboxylic acids is 1. The lowest BCUT2D eigenvalue weighted by atomic mass is 10.0. The Bertz CT molecular complexity index is 464. The third kappa shape index (κ3) is 4.06. The summed E-state index contributed by atoms with van der Waals surface area (Å²) in [7, 11) is 1.62. The second-order valence-corrected chi connectivity index (χ2v) is 3.89. The molecule has 2 nitrogen and oxygen atoms in total. The van der Waals surface area contributed by atoms with Crippen molar-refractivity contribution < 1.29 is 9.53 Å². The van der Waals surface area contributed by atoms with Gasteiger partial charge in [0.15, 0.2) is 0 Å². The Labute approximate surface area is 108 Å². The third-order valence-electron chi connectivity index (χ3n) is 2.66. The van der Waals surface area contributed by atoms with Gasteiger partial charge in [-0.1, -0.05) is 36.9 Å². The number of benzene rings is 1. The maximum atomic E-state index is 10.4. The minimum absolute atomic E-state index is 0.466. The molecule has 0 unspecified atom stereocenters. The molecule has 0 aromatic heterocycles. The van der Waals surface area contributed by atoms with E-state index in [0.717, 1.165) is 28.7 Å². The van der Waals surface area contributed by atoms with E-state index in [0.29, 0.717) is 6.42 Å². The molecule has 1 aromatic carbocycles. The number of allylic oxidation sites excluding steroid dienone is 4. The van der Waals surface area contributed by atoms with Gasteiger partial charge in [-0.3, -0.25) is 0 Å². The summed E-state index contributed by atoms with van der Waals surface area (Å²) in [6, 6.07) is 7.96. The molecule has 0 heterocycles. The molecule has 0 atom stereocenters. The Balaban J connectivity index is 2.86. The predicted molar refractivity (Wildman–Crippen MR) is 75.2 cm³/mol. The molecule has 2 heteroatoms. The second kappa shape index (κ2) is 7.28. The van der Waals surface area contributed by atoms with Gasteiger partial charge in [0.25, 0.3) is 0 Å². The van der Waals surface area contributed by atoms with Crippen LogP contribution in [0.1, 0.15) is 18.1 Å². The van der Waals surface area contributed by atoms with Gasteiger partial charge in [-0.2, -0.15) is 0 Å². The summed E-state index contributed by atoms with van der Waals surface area (Å²) in [5.74, 6) is 0.729.